The summed E-state index contributed by atoms with van der Waals surface area (Å²) in [7, 11) is 0. The zero-order valence-corrected chi connectivity index (χ0v) is 11.0. The molecule has 3 rings (SSSR count). The van der Waals surface area contributed by atoms with Gasteiger partial charge in [-0.2, -0.15) is 0 Å². The average Bonchev–Trinajstić information content (AvgIpc) is 2.80. The molecule has 0 spiro atoms. The van der Waals surface area contributed by atoms with Gasteiger partial charge < -0.3 is 11.1 Å². The fourth-order valence-corrected chi connectivity index (χ4v) is 2.96. The maximum absolute atomic E-state index is 11.6. The molecular weight excluding hydrogens is 246 g/mol. The number of hydrogen-bond donors (Lipinski definition) is 2. The van der Waals surface area contributed by atoms with Crippen LogP contribution >= 0.6 is 11.3 Å². The van der Waals surface area contributed by atoms with E-state index in [1.807, 2.05) is 32.0 Å². The number of aromatic nitrogens is 1. The Balaban J connectivity index is 2.11. The number of nitrogens with one attached hydrogen (secondary N) is 1. The molecule has 2 aromatic rings. The highest BCUT2D eigenvalue weighted by Crippen LogP contribution is 2.37. The second kappa shape index (κ2) is 3.81. The Hall–Kier alpha value is -1.88. The van der Waals surface area contributed by atoms with E-state index in [0.717, 1.165) is 27.4 Å². The summed E-state index contributed by atoms with van der Waals surface area (Å²) in [6.07, 6.45) is 0. The second-order valence-electron chi connectivity index (χ2n) is 4.47. The first kappa shape index (κ1) is 11.2. The number of aryl methyl sites for hydroxylation is 1. The van der Waals surface area contributed by atoms with Crippen LogP contribution in [0.25, 0.3) is 11.3 Å². The molecule has 1 aromatic heterocycles. The Morgan fingerprint density at radius 1 is 1.44 bits per heavy atom. The second-order valence-corrected chi connectivity index (χ2v) is 5.70. The molecular formula is C13H13N3OS. The van der Waals surface area contributed by atoms with Crippen LogP contribution in [-0.4, -0.2) is 10.9 Å². The molecule has 0 bridgehead atoms. The van der Waals surface area contributed by atoms with Gasteiger partial charge in [-0.25, -0.2) is 4.98 Å². The minimum Gasteiger partial charge on any atom is -0.375 e. The Bertz CT molecular complexity index is 648. The quantitative estimate of drug-likeness (QED) is 0.827. The highest BCUT2D eigenvalue weighted by atomic mass is 32.1. The Labute approximate surface area is 109 Å². The first-order chi connectivity index (χ1) is 8.56. The number of fused-ring (bicyclic) bond motifs is 1. The minimum absolute atomic E-state index is 0.0525. The molecule has 3 N–H and O–H groups in total. The molecule has 5 heteroatoms. The summed E-state index contributed by atoms with van der Waals surface area (Å²) in [6.45, 7) is 3.91. The zero-order chi connectivity index (χ0) is 12.9. The molecule has 1 unspecified atom stereocenters. The zero-order valence-electron chi connectivity index (χ0n) is 10.2. The molecule has 92 valence electrons. The van der Waals surface area contributed by atoms with Crippen molar-refractivity contribution in [1.82, 2.24) is 4.98 Å². The fraction of sp³-hybridized carbons (Fsp3) is 0.231. The predicted molar refractivity (Wildman–Crippen MR) is 73.7 cm³/mol. The number of thiazole rings is 1. The number of rotatable bonds is 1. The van der Waals surface area contributed by atoms with Gasteiger partial charge in [-0.3, -0.25) is 4.79 Å². The van der Waals surface area contributed by atoms with Crippen molar-refractivity contribution in [2.24, 2.45) is 0 Å². The third kappa shape index (κ3) is 1.59. The van der Waals surface area contributed by atoms with E-state index < -0.39 is 0 Å². The van der Waals surface area contributed by atoms with Gasteiger partial charge in [0.1, 0.15) is 0 Å². The van der Waals surface area contributed by atoms with E-state index in [-0.39, 0.29) is 11.8 Å². The van der Waals surface area contributed by atoms with Crippen molar-refractivity contribution >= 4 is 28.1 Å². The summed E-state index contributed by atoms with van der Waals surface area (Å²) in [5, 5.41) is 3.44. The SMILES string of the molecule is Cc1sc(N)nc1-c1ccc2c(c1)C(C)C(=O)N2. The standard InChI is InChI=1S/C13H13N3OS/c1-6-9-5-8(3-4-10(9)15-12(6)17)11-7(2)18-13(14)16-11/h3-6H,1-2H3,(H2,14,16)(H,15,17). The van der Waals surface area contributed by atoms with Gasteiger partial charge in [-0.15, -0.1) is 11.3 Å². The summed E-state index contributed by atoms with van der Waals surface area (Å²) < 4.78 is 0. The van der Waals surface area contributed by atoms with Crippen molar-refractivity contribution < 1.29 is 4.79 Å². The number of nitrogen functional groups attached to an aromatic ring is 1. The monoisotopic (exact) mass is 259 g/mol. The number of anilines is 2. The van der Waals surface area contributed by atoms with Gasteiger partial charge >= 0.3 is 0 Å². The molecule has 0 saturated heterocycles. The van der Waals surface area contributed by atoms with E-state index in [0.29, 0.717) is 5.13 Å². The highest BCUT2D eigenvalue weighted by molar-refractivity contribution is 7.15. The van der Waals surface area contributed by atoms with Gasteiger partial charge in [-0.1, -0.05) is 6.07 Å². The molecule has 4 nitrogen and oxygen atoms in total. The molecule has 1 aliphatic rings. The van der Waals surface area contributed by atoms with Gasteiger partial charge in [-0.05, 0) is 31.5 Å². The number of carbonyl (C=O) groups is 1. The van der Waals surface area contributed by atoms with Crippen molar-refractivity contribution in [1.29, 1.82) is 0 Å². The van der Waals surface area contributed by atoms with Crippen LogP contribution in [0.4, 0.5) is 10.8 Å². The van der Waals surface area contributed by atoms with Crippen LogP contribution in [0.2, 0.25) is 0 Å². The van der Waals surface area contributed by atoms with Crippen molar-refractivity contribution in [2.75, 3.05) is 11.1 Å². The number of nitrogens with two attached hydrogens (primary N) is 1. The lowest BCUT2D eigenvalue weighted by molar-refractivity contribution is -0.116. The highest BCUT2D eigenvalue weighted by Gasteiger charge is 2.26. The Morgan fingerprint density at radius 2 is 2.22 bits per heavy atom. The van der Waals surface area contributed by atoms with Gasteiger partial charge in [0.05, 0.1) is 11.6 Å². The van der Waals surface area contributed by atoms with Crippen molar-refractivity contribution in [3.05, 3.63) is 28.6 Å². The van der Waals surface area contributed by atoms with E-state index in [1.54, 1.807) is 0 Å². The molecule has 1 atom stereocenters. The maximum Gasteiger partial charge on any atom is 0.231 e. The lowest BCUT2D eigenvalue weighted by atomic mass is 9.99. The van der Waals surface area contributed by atoms with Gasteiger partial charge in [0.25, 0.3) is 0 Å². The first-order valence-corrected chi connectivity index (χ1v) is 6.56. The molecule has 1 aliphatic heterocycles. The van der Waals surface area contributed by atoms with Crippen LogP contribution in [0, 0.1) is 6.92 Å². The van der Waals surface area contributed by atoms with Crippen molar-refractivity contribution in [3.8, 4) is 11.3 Å². The average molecular weight is 259 g/mol. The van der Waals surface area contributed by atoms with Crippen LogP contribution < -0.4 is 11.1 Å². The largest absolute Gasteiger partial charge is 0.375 e. The van der Waals surface area contributed by atoms with Crippen LogP contribution in [0.1, 0.15) is 23.3 Å². The number of benzene rings is 1. The predicted octanol–water partition coefficient (Wildman–Crippen LogP) is 2.76. The number of carbonyl (C=O) groups excluding carboxylic acids is 1. The normalized spacial score (nSPS) is 17.7. The van der Waals surface area contributed by atoms with Crippen LogP contribution in [0.3, 0.4) is 0 Å². The summed E-state index contributed by atoms with van der Waals surface area (Å²) >= 11 is 1.48. The van der Waals surface area contributed by atoms with E-state index in [1.165, 1.54) is 11.3 Å². The smallest absolute Gasteiger partial charge is 0.231 e. The lowest BCUT2D eigenvalue weighted by Gasteiger charge is -2.04. The molecule has 1 amide bonds. The minimum atomic E-state index is -0.101. The molecule has 0 radical (unpaired) electrons. The first-order valence-electron chi connectivity index (χ1n) is 5.74. The summed E-state index contributed by atoms with van der Waals surface area (Å²) in [6, 6.07) is 5.93. The molecule has 0 saturated carbocycles. The van der Waals surface area contributed by atoms with Gasteiger partial charge in [0.15, 0.2) is 5.13 Å². The number of nitrogens with zero attached hydrogens (tertiary/aromatic N) is 1. The van der Waals surface area contributed by atoms with Gasteiger partial charge in [0.2, 0.25) is 5.91 Å². The fourth-order valence-electron chi connectivity index (χ4n) is 2.25. The van der Waals surface area contributed by atoms with E-state index >= 15 is 0 Å². The van der Waals surface area contributed by atoms with Gasteiger partial charge in [0, 0.05) is 16.1 Å². The summed E-state index contributed by atoms with van der Waals surface area (Å²) in [4.78, 5) is 17.0. The topological polar surface area (TPSA) is 68.0 Å². The molecule has 2 heterocycles. The number of hydrogen-bond acceptors (Lipinski definition) is 4. The van der Waals surface area contributed by atoms with Crippen LogP contribution in [-0.2, 0) is 4.79 Å². The van der Waals surface area contributed by atoms with E-state index in [4.69, 9.17) is 5.73 Å². The third-order valence-electron chi connectivity index (χ3n) is 3.26. The van der Waals surface area contributed by atoms with Crippen molar-refractivity contribution in [3.63, 3.8) is 0 Å². The molecule has 1 aromatic carbocycles. The maximum atomic E-state index is 11.6. The van der Waals surface area contributed by atoms with Crippen LogP contribution in [0.5, 0.6) is 0 Å². The Kier molecular flexibility index (Phi) is 2.38. The number of amides is 1. The van der Waals surface area contributed by atoms with E-state index in [9.17, 15) is 4.79 Å². The molecule has 0 fully saturated rings. The Morgan fingerprint density at radius 3 is 2.89 bits per heavy atom. The van der Waals surface area contributed by atoms with Crippen molar-refractivity contribution in [2.45, 2.75) is 19.8 Å². The van der Waals surface area contributed by atoms with Crippen LogP contribution in [0.15, 0.2) is 18.2 Å². The summed E-state index contributed by atoms with van der Waals surface area (Å²) in [5.41, 5.74) is 9.58. The van der Waals surface area contributed by atoms with E-state index in [2.05, 4.69) is 10.3 Å². The summed E-state index contributed by atoms with van der Waals surface area (Å²) in [5.74, 6) is -0.0482. The molecule has 0 aliphatic carbocycles. The molecule has 18 heavy (non-hydrogen) atoms. The third-order valence-corrected chi connectivity index (χ3v) is 4.06. The lowest BCUT2D eigenvalue weighted by Crippen LogP contribution is -2.08.